The van der Waals surface area contributed by atoms with Gasteiger partial charge in [0.1, 0.15) is 12.3 Å². The van der Waals surface area contributed by atoms with Gasteiger partial charge in [-0.1, -0.05) is 47.4 Å². The zero-order chi connectivity index (χ0) is 22.1. The van der Waals surface area contributed by atoms with Gasteiger partial charge in [-0.05, 0) is 17.5 Å². The van der Waals surface area contributed by atoms with Crippen LogP contribution in [0.15, 0.2) is 46.1 Å². The molecule has 2 aliphatic heterocycles. The molecule has 0 bridgehead atoms. The maximum Gasteiger partial charge on any atom is 0.325 e. The zero-order valence-electron chi connectivity index (χ0n) is 16.6. The number of thiophene rings is 1. The molecule has 4 heterocycles. The molecular weight excluding hydrogens is 470 g/mol. The molecule has 4 amide bonds. The number of rotatable bonds is 6. The monoisotopic (exact) mass is 487 g/mol. The van der Waals surface area contributed by atoms with E-state index in [-0.39, 0.29) is 0 Å². The van der Waals surface area contributed by atoms with E-state index in [4.69, 9.17) is 4.74 Å². The molecule has 0 saturated carbocycles. The van der Waals surface area contributed by atoms with E-state index < -0.39 is 29.9 Å². The number of hydrogen-bond donors (Lipinski definition) is 2. The predicted octanol–water partition coefficient (Wildman–Crippen LogP) is 3.06. The molecule has 9 nitrogen and oxygen atoms in total. The number of hydrogen-bond acceptors (Lipinski definition) is 9. The van der Waals surface area contributed by atoms with Gasteiger partial charge in [0, 0.05) is 22.6 Å². The average molecular weight is 488 g/mol. The fourth-order valence-electron chi connectivity index (χ4n) is 3.66. The minimum Gasteiger partial charge on any atom is -0.493 e. The number of nitrogens with one attached hydrogen (secondary N) is 2. The van der Waals surface area contributed by atoms with Crippen LogP contribution in [0.2, 0.25) is 0 Å². The van der Waals surface area contributed by atoms with Gasteiger partial charge in [-0.25, -0.2) is 4.79 Å². The first-order valence-electron chi connectivity index (χ1n) is 9.70. The van der Waals surface area contributed by atoms with Crippen molar-refractivity contribution in [1.29, 1.82) is 0 Å². The zero-order valence-corrected chi connectivity index (χ0v) is 19.0. The van der Waals surface area contributed by atoms with Crippen LogP contribution < -0.4 is 15.4 Å². The molecule has 2 N–H and O–H groups in total. The lowest BCUT2D eigenvalue weighted by Crippen LogP contribution is -2.48. The largest absolute Gasteiger partial charge is 0.493 e. The van der Waals surface area contributed by atoms with Crippen LogP contribution in [0.4, 0.5) is 9.93 Å². The lowest BCUT2D eigenvalue weighted by molar-refractivity contribution is -0.135. The Labute approximate surface area is 195 Å². The third kappa shape index (κ3) is 3.85. The summed E-state index contributed by atoms with van der Waals surface area (Å²) in [5.41, 5.74) is -0.607. The lowest BCUT2D eigenvalue weighted by Gasteiger charge is -2.33. The predicted molar refractivity (Wildman–Crippen MR) is 121 cm³/mol. The number of ether oxygens (including phenoxy) is 1. The number of fused-ring (bicyclic) bond motifs is 2. The Bertz CT molecular complexity index is 1180. The van der Waals surface area contributed by atoms with Crippen molar-refractivity contribution in [2.24, 2.45) is 0 Å². The Morgan fingerprint density at radius 2 is 2.12 bits per heavy atom. The first kappa shape index (κ1) is 20.9. The van der Waals surface area contributed by atoms with Gasteiger partial charge in [0.2, 0.25) is 11.0 Å². The molecule has 5 rings (SSSR count). The van der Waals surface area contributed by atoms with Crippen LogP contribution >= 0.6 is 34.4 Å². The Kier molecular flexibility index (Phi) is 5.57. The Morgan fingerprint density at radius 1 is 1.25 bits per heavy atom. The first-order valence-corrected chi connectivity index (χ1v) is 12.4. The van der Waals surface area contributed by atoms with E-state index in [1.165, 1.54) is 28.0 Å². The molecule has 0 radical (unpaired) electrons. The number of anilines is 1. The van der Waals surface area contributed by atoms with Gasteiger partial charge >= 0.3 is 6.03 Å². The van der Waals surface area contributed by atoms with Crippen LogP contribution in [-0.4, -0.2) is 46.1 Å². The molecule has 1 fully saturated rings. The van der Waals surface area contributed by atoms with E-state index in [9.17, 15) is 14.4 Å². The summed E-state index contributed by atoms with van der Waals surface area (Å²) in [6.07, 6.45) is 0.300. The van der Waals surface area contributed by atoms with Crippen LogP contribution in [0.3, 0.4) is 0 Å². The summed E-state index contributed by atoms with van der Waals surface area (Å²) in [4.78, 5) is 40.5. The van der Waals surface area contributed by atoms with Crippen molar-refractivity contribution in [3.8, 4) is 5.75 Å². The fourth-order valence-corrected chi connectivity index (χ4v) is 6.21. The molecule has 1 unspecified atom stereocenters. The van der Waals surface area contributed by atoms with Crippen LogP contribution in [0, 0.1) is 0 Å². The third-order valence-electron chi connectivity index (χ3n) is 5.13. The number of carbonyl (C=O) groups excluding carboxylic acids is 3. The topological polar surface area (TPSA) is 114 Å². The van der Waals surface area contributed by atoms with Crippen LogP contribution in [-0.2, 0) is 20.9 Å². The van der Waals surface area contributed by atoms with E-state index in [0.29, 0.717) is 29.5 Å². The van der Waals surface area contributed by atoms with E-state index in [0.717, 1.165) is 15.0 Å². The maximum absolute atomic E-state index is 13.2. The number of amides is 4. The highest BCUT2D eigenvalue weighted by atomic mass is 32.2. The van der Waals surface area contributed by atoms with Gasteiger partial charge in [-0.2, -0.15) is 0 Å². The number of aromatic nitrogens is 2. The van der Waals surface area contributed by atoms with E-state index in [1.807, 2.05) is 17.5 Å². The molecule has 12 heteroatoms. The van der Waals surface area contributed by atoms with Gasteiger partial charge in [0.15, 0.2) is 9.88 Å². The van der Waals surface area contributed by atoms with Gasteiger partial charge < -0.3 is 10.1 Å². The third-order valence-corrected chi connectivity index (χ3v) is 8.21. The average Bonchev–Trinajstić information content (AvgIpc) is 3.51. The van der Waals surface area contributed by atoms with Crippen LogP contribution in [0.25, 0.3) is 0 Å². The standard InChI is InChI=1S/C20H17N5O4S3/c26-15(21-17-23-24-19(32-17)31-11-12-4-3-9-30-12)10-25-16(27)20(22-18(25)28)7-8-29-14-6-2-1-5-13(14)20/h1-6,9H,7-8,10-11H2,(H,22,28)(H,21,23,26). The quantitative estimate of drug-likeness (QED) is 0.312. The summed E-state index contributed by atoms with van der Waals surface area (Å²) < 4.78 is 6.34. The number of urea groups is 1. The smallest absolute Gasteiger partial charge is 0.325 e. The molecule has 164 valence electrons. The number of carbonyl (C=O) groups is 3. The number of para-hydroxylation sites is 1. The molecule has 1 saturated heterocycles. The Hall–Kier alpha value is -2.96. The SMILES string of the molecule is O=C(CN1C(=O)NC2(CCOc3ccccc32)C1=O)Nc1nnc(SCc2cccs2)s1. The second-order valence-electron chi connectivity index (χ2n) is 7.11. The van der Waals surface area contributed by atoms with Crippen molar-refractivity contribution in [3.05, 3.63) is 52.2 Å². The highest BCUT2D eigenvalue weighted by Gasteiger charge is 2.55. The summed E-state index contributed by atoms with van der Waals surface area (Å²) in [6.45, 7) is -0.119. The van der Waals surface area contributed by atoms with Gasteiger partial charge in [0.05, 0.1) is 6.61 Å². The molecule has 1 aromatic carbocycles. The maximum atomic E-state index is 13.2. The lowest BCUT2D eigenvalue weighted by atomic mass is 9.84. The molecule has 2 aromatic heterocycles. The molecule has 1 atom stereocenters. The molecule has 2 aliphatic rings. The minimum atomic E-state index is -1.21. The highest BCUT2D eigenvalue weighted by molar-refractivity contribution is 8.00. The summed E-state index contributed by atoms with van der Waals surface area (Å²) >= 11 is 4.44. The van der Waals surface area contributed by atoms with Crippen molar-refractivity contribution in [2.75, 3.05) is 18.5 Å². The van der Waals surface area contributed by atoms with E-state index in [2.05, 4.69) is 20.8 Å². The highest BCUT2D eigenvalue weighted by Crippen LogP contribution is 2.41. The van der Waals surface area contributed by atoms with E-state index >= 15 is 0 Å². The van der Waals surface area contributed by atoms with Crippen molar-refractivity contribution in [1.82, 2.24) is 20.4 Å². The van der Waals surface area contributed by atoms with Gasteiger partial charge in [-0.15, -0.1) is 21.5 Å². The van der Waals surface area contributed by atoms with Crippen LogP contribution in [0.5, 0.6) is 5.75 Å². The first-order chi connectivity index (χ1) is 15.5. The fraction of sp³-hybridized carbons (Fsp3) is 0.250. The number of thioether (sulfide) groups is 1. The number of imide groups is 1. The summed E-state index contributed by atoms with van der Waals surface area (Å²) in [6, 6.07) is 10.5. The summed E-state index contributed by atoms with van der Waals surface area (Å²) in [5, 5.41) is 15.8. The second kappa shape index (κ2) is 8.52. The number of benzene rings is 1. The normalized spacial score (nSPS) is 19.6. The van der Waals surface area contributed by atoms with E-state index in [1.54, 1.807) is 35.6 Å². The van der Waals surface area contributed by atoms with Crippen molar-refractivity contribution < 1.29 is 19.1 Å². The van der Waals surface area contributed by atoms with Crippen molar-refractivity contribution in [3.63, 3.8) is 0 Å². The van der Waals surface area contributed by atoms with Crippen molar-refractivity contribution in [2.45, 2.75) is 22.1 Å². The summed E-state index contributed by atoms with van der Waals surface area (Å²) in [5.74, 6) is 0.352. The Morgan fingerprint density at radius 3 is 2.97 bits per heavy atom. The molecule has 32 heavy (non-hydrogen) atoms. The summed E-state index contributed by atoms with van der Waals surface area (Å²) in [7, 11) is 0. The van der Waals surface area contributed by atoms with Crippen molar-refractivity contribution >= 4 is 57.4 Å². The molecular formula is C20H17N5O4S3. The second-order valence-corrected chi connectivity index (χ2v) is 10.3. The Balaban J connectivity index is 1.24. The van der Waals surface area contributed by atoms with Gasteiger partial charge in [-0.3, -0.25) is 19.8 Å². The molecule has 3 aromatic rings. The van der Waals surface area contributed by atoms with Crippen LogP contribution in [0.1, 0.15) is 16.9 Å². The molecule has 0 aliphatic carbocycles. The molecule has 1 spiro atoms. The minimum absolute atomic E-state index is 0.291. The number of nitrogens with zero attached hydrogens (tertiary/aromatic N) is 3. The van der Waals surface area contributed by atoms with Gasteiger partial charge in [0.25, 0.3) is 5.91 Å².